The number of benzene rings is 1. The van der Waals surface area contributed by atoms with Crippen molar-refractivity contribution in [1.29, 1.82) is 0 Å². The number of aryl methyl sites for hydroxylation is 1. The SMILES string of the molecule is CCn1cc(NC(=O)c2ccccc2NC(=O)C(C)(C)C)ccc1=O. The summed E-state index contributed by atoms with van der Waals surface area (Å²) in [6, 6.07) is 9.78. The Morgan fingerprint density at radius 3 is 2.36 bits per heavy atom. The lowest BCUT2D eigenvalue weighted by Gasteiger charge is -2.19. The van der Waals surface area contributed by atoms with Crippen LogP contribution in [-0.2, 0) is 11.3 Å². The minimum Gasteiger partial charge on any atom is -0.325 e. The van der Waals surface area contributed by atoms with E-state index in [1.165, 1.54) is 10.6 Å². The molecule has 0 aliphatic rings. The van der Waals surface area contributed by atoms with Crippen molar-refractivity contribution in [3.63, 3.8) is 0 Å². The first-order valence-corrected chi connectivity index (χ1v) is 8.14. The van der Waals surface area contributed by atoms with Crippen LogP contribution in [0.3, 0.4) is 0 Å². The van der Waals surface area contributed by atoms with E-state index >= 15 is 0 Å². The van der Waals surface area contributed by atoms with Crippen LogP contribution in [0.5, 0.6) is 0 Å². The summed E-state index contributed by atoms with van der Waals surface area (Å²) in [7, 11) is 0. The lowest BCUT2D eigenvalue weighted by Crippen LogP contribution is -2.29. The second kappa shape index (κ2) is 7.34. The summed E-state index contributed by atoms with van der Waals surface area (Å²) in [5, 5.41) is 5.56. The van der Waals surface area contributed by atoms with Gasteiger partial charge in [-0.05, 0) is 25.1 Å². The van der Waals surface area contributed by atoms with E-state index in [-0.39, 0.29) is 17.4 Å². The van der Waals surface area contributed by atoms with Crippen LogP contribution in [0.25, 0.3) is 0 Å². The van der Waals surface area contributed by atoms with Gasteiger partial charge in [-0.3, -0.25) is 14.4 Å². The molecule has 2 rings (SSSR count). The second-order valence-electron chi connectivity index (χ2n) is 6.75. The number of hydrogen-bond donors (Lipinski definition) is 2. The number of pyridine rings is 1. The summed E-state index contributed by atoms with van der Waals surface area (Å²) in [6.45, 7) is 7.78. The van der Waals surface area contributed by atoms with Gasteiger partial charge in [0, 0.05) is 24.2 Å². The number of hydrogen-bond acceptors (Lipinski definition) is 3. The van der Waals surface area contributed by atoms with Crippen molar-refractivity contribution in [3.8, 4) is 0 Å². The minimum absolute atomic E-state index is 0.127. The van der Waals surface area contributed by atoms with Crippen molar-refractivity contribution in [2.24, 2.45) is 5.41 Å². The number of rotatable bonds is 4. The predicted molar refractivity (Wildman–Crippen MR) is 98.9 cm³/mol. The van der Waals surface area contributed by atoms with E-state index in [0.29, 0.717) is 23.5 Å². The summed E-state index contributed by atoms with van der Waals surface area (Å²) in [5.74, 6) is -0.529. The third-order valence-electron chi connectivity index (χ3n) is 3.68. The van der Waals surface area contributed by atoms with Gasteiger partial charge < -0.3 is 15.2 Å². The normalized spacial score (nSPS) is 11.0. The van der Waals surface area contributed by atoms with Gasteiger partial charge in [-0.15, -0.1) is 0 Å². The molecule has 6 heteroatoms. The molecule has 2 N–H and O–H groups in total. The Balaban J connectivity index is 2.25. The first-order valence-electron chi connectivity index (χ1n) is 8.14. The van der Waals surface area contributed by atoms with Crippen LogP contribution in [0, 0.1) is 5.41 Å². The quantitative estimate of drug-likeness (QED) is 0.897. The molecule has 0 unspecified atom stereocenters. The fourth-order valence-corrected chi connectivity index (χ4v) is 2.15. The Hall–Kier alpha value is -2.89. The molecule has 1 aromatic carbocycles. The summed E-state index contributed by atoms with van der Waals surface area (Å²) in [4.78, 5) is 36.4. The van der Waals surface area contributed by atoms with Gasteiger partial charge in [0.25, 0.3) is 11.5 Å². The molecule has 132 valence electrons. The fourth-order valence-electron chi connectivity index (χ4n) is 2.15. The zero-order valence-corrected chi connectivity index (χ0v) is 14.9. The number of carbonyl (C=O) groups is 2. The molecule has 0 saturated heterocycles. The van der Waals surface area contributed by atoms with Crippen LogP contribution in [0.2, 0.25) is 0 Å². The topological polar surface area (TPSA) is 80.2 Å². The number of nitrogens with zero attached hydrogens (tertiary/aromatic N) is 1. The lowest BCUT2D eigenvalue weighted by atomic mass is 9.95. The highest BCUT2D eigenvalue weighted by atomic mass is 16.2. The third-order valence-corrected chi connectivity index (χ3v) is 3.68. The molecule has 25 heavy (non-hydrogen) atoms. The van der Waals surface area contributed by atoms with Crippen molar-refractivity contribution in [2.45, 2.75) is 34.2 Å². The smallest absolute Gasteiger partial charge is 0.257 e. The molecule has 0 bridgehead atoms. The van der Waals surface area contributed by atoms with Crippen LogP contribution in [-0.4, -0.2) is 16.4 Å². The van der Waals surface area contributed by atoms with Crippen LogP contribution >= 0.6 is 0 Å². The molecule has 2 aromatic rings. The average molecular weight is 341 g/mol. The van der Waals surface area contributed by atoms with Gasteiger partial charge in [0.2, 0.25) is 5.91 Å². The minimum atomic E-state index is -0.569. The Bertz CT molecular complexity index is 847. The summed E-state index contributed by atoms with van der Waals surface area (Å²) >= 11 is 0. The zero-order chi connectivity index (χ0) is 18.6. The van der Waals surface area contributed by atoms with Gasteiger partial charge in [0.15, 0.2) is 0 Å². The highest BCUT2D eigenvalue weighted by molar-refractivity contribution is 6.10. The first-order chi connectivity index (χ1) is 11.7. The van der Waals surface area contributed by atoms with E-state index in [2.05, 4.69) is 10.6 Å². The number of amides is 2. The maximum absolute atomic E-state index is 12.6. The number of aromatic nitrogens is 1. The molecule has 1 heterocycles. The predicted octanol–water partition coefficient (Wildman–Crippen LogP) is 3.11. The number of nitrogens with one attached hydrogen (secondary N) is 2. The molecule has 0 atom stereocenters. The van der Waals surface area contributed by atoms with E-state index in [1.807, 2.05) is 6.92 Å². The van der Waals surface area contributed by atoms with Crippen molar-refractivity contribution in [1.82, 2.24) is 4.57 Å². The molecular formula is C19H23N3O3. The Labute approximate surface area is 146 Å². The van der Waals surface area contributed by atoms with Crippen LogP contribution in [0.4, 0.5) is 11.4 Å². The summed E-state index contributed by atoms with van der Waals surface area (Å²) in [6.07, 6.45) is 1.59. The second-order valence-corrected chi connectivity index (χ2v) is 6.75. The first kappa shape index (κ1) is 18.4. The highest BCUT2D eigenvalue weighted by Crippen LogP contribution is 2.21. The van der Waals surface area contributed by atoms with Crippen LogP contribution in [0.15, 0.2) is 47.4 Å². The molecule has 1 aromatic heterocycles. The van der Waals surface area contributed by atoms with E-state index in [9.17, 15) is 14.4 Å². The molecular weight excluding hydrogens is 318 g/mol. The van der Waals surface area contributed by atoms with Gasteiger partial charge >= 0.3 is 0 Å². The maximum atomic E-state index is 12.6. The number of para-hydroxylation sites is 1. The zero-order valence-electron chi connectivity index (χ0n) is 14.9. The standard InChI is InChI=1S/C19H23N3O3/c1-5-22-12-13(10-11-16(22)23)20-17(24)14-8-6-7-9-15(14)21-18(25)19(2,3)4/h6-12H,5H2,1-4H3,(H,20,24)(H,21,25). The van der Waals surface area contributed by atoms with Gasteiger partial charge in [-0.1, -0.05) is 32.9 Å². The van der Waals surface area contributed by atoms with Crippen molar-refractivity contribution < 1.29 is 9.59 Å². The van der Waals surface area contributed by atoms with Gasteiger partial charge in [0.1, 0.15) is 0 Å². The Morgan fingerprint density at radius 2 is 1.72 bits per heavy atom. The van der Waals surface area contributed by atoms with Crippen molar-refractivity contribution in [3.05, 3.63) is 58.5 Å². The lowest BCUT2D eigenvalue weighted by molar-refractivity contribution is -0.123. The van der Waals surface area contributed by atoms with Gasteiger partial charge in [0.05, 0.1) is 16.9 Å². The third kappa shape index (κ3) is 4.56. The van der Waals surface area contributed by atoms with Gasteiger partial charge in [-0.2, -0.15) is 0 Å². The largest absolute Gasteiger partial charge is 0.325 e. The number of carbonyl (C=O) groups excluding carboxylic acids is 2. The van der Waals surface area contributed by atoms with Crippen molar-refractivity contribution in [2.75, 3.05) is 10.6 Å². The molecule has 0 saturated carbocycles. The van der Waals surface area contributed by atoms with E-state index in [1.54, 1.807) is 57.3 Å². The molecule has 0 spiro atoms. The molecule has 0 fully saturated rings. The monoisotopic (exact) mass is 341 g/mol. The van der Waals surface area contributed by atoms with E-state index < -0.39 is 5.41 Å². The summed E-state index contributed by atoms with van der Waals surface area (Å²) in [5.41, 5.74) is 0.625. The highest BCUT2D eigenvalue weighted by Gasteiger charge is 2.23. The molecule has 0 aliphatic heterocycles. The Morgan fingerprint density at radius 1 is 1.04 bits per heavy atom. The average Bonchev–Trinajstić information content (AvgIpc) is 2.56. The Kier molecular flexibility index (Phi) is 5.41. The summed E-state index contributed by atoms with van der Waals surface area (Å²) < 4.78 is 1.50. The van der Waals surface area contributed by atoms with Crippen LogP contribution in [0.1, 0.15) is 38.1 Å². The molecule has 0 radical (unpaired) electrons. The number of anilines is 2. The van der Waals surface area contributed by atoms with E-state index in [0.717, 1.165) is 0 Å². The molecule has 6 nitrogen and oxygen atoms in total. The van der Waals surface area contributed by atoms with Crippen molar-refractivity contribution >= 4 is 23.2 Å². The van der Waals surface area contributed by atoms with Crippen LogP contribution < -0.4 is 16.2 Å². The molecule has 2 amide bonds. The molecule has 0 aliphatic carbocycles. The van der Waals surface area contributed by atoms with Gasteiger partial charge in [-0.25, -0.2) is 0 Å². The maximum Gasteiger partial charge on any atom is 0.257 e. The van der Waals surface area contributed by atoms with E-state index in [4.69, 9.17) is 0 Å². The fraction of sp³-hybridized carbons (Fsp3) is 0.316.